The van der Waals surface area contributed by atoms with Crippen LogP contribution in [0.4, 0.5) is 4.79 Å². The number of urea groups is 1. The van der Waals surface area contributed by atoms with Gasteiger partial charge in [0.05, 0.1) is 6.54 Å². The van der Waals surface area contributed by atoms with Gasteiger partial charge in [-0.15, -0.1) is 0 Å². The molecular formula is C19H27N5O. The zero-order valence-corrected chi connectivity index (χ0v) is 14.7. The quantitative estimate of drug-likeness (QED) is 0.877. The summed E-state index contributed by atoms with van der Waals surface area (Å²) in [7, 11) is 0. The highest BCUT2D eigenvalue weighted by atomic mass is 16.2. The lowest BCUT2D eigenvalue weighted by molar-refractivity contribution is 0.233. The van der Waals surface area contributed by atoms with Crippen molar-refractivity contribution in [3.8, 4) is 0 Å². The van der Waals surface area contributed by atoms with Crippen LogP contribution < -0.4 is 10.6 Å². The summed E-state index contributed by atoms with van der Waals surface area (Å²) in [5, 5.41) is 10.3. The van der Waals surface area contributed by atoms with E-state index in [1.807, 2.05) is 18.2 Å². The third-order valence-electron chi connectivity index (χ3n) is 4.80. The number of carbonyl (C=O) groups excluding carboxylic acids is 1. The maximum absolute atomic E-state index is 12.3. The molecule has 0 aliphatic heterocycles. The zero-order valence-electron chi connectivity index (χ0n) is 14.7. The van der Waals surface area contributed by atoms with Gasteiger partial charge in [0.2, 0.25) is 0 Å². The number of aromatic nitrogens is 3. The number of nitrogens with zero attached hydrogens (tertiary/aromatic N) is 3. The Morgan fingerprint density at radius 1 is 1.08 bits per heavy atom. The first-order valence-corrected chi connectivity index (χ1v) is 9.25. The van der Waals surface area contributed by atoms with E-state index >= 15 is 0 Å². The second-order valence-corrected chi connectivity index (χ2v) is 6.73. The molecule has 0 saturated heterocycles. The number of benzene rings is 1. The van der Waals surface area contributed by atoms with Crippen molar-refractivity contribution in [1.82, 2.24) is 25.4 Å². The molecule has 1 aliphatic rings. The zero-order chi connectivity index (χ0) is 17.3. The van der Waals surface area contributed by atoms with Crippen LogP contribution in [0.5, 0.6) is 0 Å². The molecule has 1 aliphatic carbocycles. The van der Waals surface area contributed by atoms with Crippen molar-refractivity contribution in [3.05, 3.63) is 48.0 Å². The SMILES string of the molecule is O=C(NCc1ccccc1Cn1cncn1)NC1CCCCCCC1. The highest BCUT2D eigenvalue weighted by molar-refractivity contribution is 5.74. The maximum atomic E-state index is 12.3. The van der Waals surface area contributed by atoms with Crippen LogP contribution >= 0.6 is 0 Å². The van der Waals surface area contributed by atoms with Crippen LogP contribution in [0.25, 0.3) is 0 Å². The van der Waals surface area contributed by atoms with Crippen LogP contribution in [0.1, 0.15) is 56.1 Å². The number of nitrogens with one attached hydrogen (secondary N) is 2. The average molecular weight is 341 g/mol. The summed E-state index contributed by atoms with van der Waals surface area (Å²) in [5.74, 6) is 0. The van der Waals surface area contributed by atoms with Crippen LogP contribution in [-0.2, 0) is 13.1 Å². The van der Waals surface area contributed by atoms with Gasteiger partial charge in [-0.3, -0.25) is 0 Å². The summed E-state index contributed by atoms with van der Waals surface area (Å²) in [6, 6.07) is 8.35. The van der Waals surface area contributed by atoms with Crippen molar-refractivity contribution in [2.24, 2.45) is 0 Å². The molecule has 1 saturated carbocycles. The van der Waals surface area contributed by atoms with Crippen molar-refractivity contribution in [3.63, 3.8) is 0 Å². The molecule has 3 rings (SSSR count). The van der Waals surface area contributed by atoms with Gasteiger partial charge in [-0.1, -0.05) is 56.4 Å². The summed E-state index contributed by atoms with van der Waals surface area (Å²) in [4.78, 5) is 16.2. The summed E-state index contributed by atoms with van der Waals surface area (Å²) in [6.45, 7) is 1.17. The van der Waals surface area contributed by atoms with Crippen molar-refractivity contribution in [2.45, 2.75) is 64.1 Å². The molecule has 1 aromatic heterocycles. The fraction of sp³-hybridized carbons (Fsp3) is 0.526. The van der Waals surface area contributed by atoms with Gasteiger partial charge in [0.15, 0.2) is 0 Å². The monoisotopic (exact) mass is 341 g/mol. The van der Waals surface area contributed by atoms with Crippen molar-refractivity contribution < 1.29 is 4.79 Å². The molecule has 0 spiro atoms. The molecule has 0 unspecified atom stereocenters. The fourth-order valence-electron chi connectivity index (χ4n) is 3.39. The molecule has 0 bridgehead atoms. The summed E-state index contributed by atoms with van der Waals surface area (Å²) < 4.78 is 1.79. The Hall–Kier alpha value is -2.37. The van der Waals surface area contributed by atoms with E-state index in [1.54, 1.807) is 11.0 Å². The first-order valence-electron chi connectivity index (χ1n) is 9.25. The second-order valence-electron chi connectivity index (χ2n) is 6.73. The Balaban J connectivity index is 1.51. The third-order valence-corrected chi connectivity index (χ3v) is 4.80. The van der Waals surface area contributed by atoms with Crippen molar-refractivity contribution in [2.75, 3.05) is 0 Å². The maximum Gasteiger partial charge on any atom is 0.315 e. The molecule has 1 aromatic carbocycles. The molecule has 2 aromatic rings. The van der Waals surface area contributed by atoms with Gasteiger partial charge >= 0.3 is 6.03 Å². The largest absolute Gasteiger partial charge is 0.335 e. The topological polar surface area (TPSA) is 71.8 Å². The van der Waals surface area contributed by atoms with Gasteiger partial charge in [-0.05, 0) is 24.0 Å². The Kier molecular flexibility index (Phi) is 6.42. The first-order chi connectivity index (χ1) is 12.3. The molecule has 6 heteroatoms. The lowest BCUT2D eigenvalue weighted by Crippen LogP contribution is -2.42. The standard InChI is InChI=1S/C19H27N5O/c25-19(23-18-10-4-2-1-3-5-11-18)21-12-16-8-6-7-9-17(16)13-24-15-20-14-22-24/h6-9,14-15,18H,1-5,10-13H2,(H2,21,23,25). The Bertz CT molecular complexity index is 648. The van der Waals surface area contributed by atoms with Gasteiger partial charge in [-0.2, -0.15) is 5.10 Å². The molecule has 2 amide bonds. The van der Waals surface area contributed by atoms with Crippen LogP contribution in [-0.4, -0.2) is 26.8 Å². The fourth-order valence-corrected chi connectivity index (χ4v) is 3.39. The van der Waals surface area contributed by atoms with E-state index in [0.717, 1.165) is 24.0 Å². The Morgan fingerprint density at radius 3 is 2.52 bits per heavy atom. The van der Waals surface area contributed by atoms with Crippen LogP contribution in [0.3, 0.4) is 0 Å². The molecule has 134 valence electrons. The van der Waals surface area contributed by atoms with Gasteiger partial charge < -0.3 is 10.6 Å². The number of hydrogen-bond donors (Lipinski definition) is 2. The van der Waals surface area contributed by atoms with E-state index < -0.39 is 0 Å². The Labute approximate surface area is 149 Å². The first kappa shape index (κ1) is 17.5. The Morgan fingerprint density at radius 2 is 1.80 bits per heavy atom. The van der Waals surface area contributed by atoms with Crippen molar-refractivity contribution >= 4 is 6.03 Å². The number of amides is 2. The molecule has 2 N–H and O–H groups in total. The summed E-state index contributed by atoms with van der Waals surface area (Å²) >= 11 is 0. The number of hydrogen-bond acceptors (Lipinski definition) is 3. The molecule has 1 fully saturated rings. The summed E-state index contributed by atoms with van der Waals surface area (Å²) in [5.41, 5.74) is 2.24. The number of carbonyl (C=O) groups is 1. The second kappa shape index (κ2) is 9.20. The highest BCUT2D eigenvalue weighted by Gasteiger charge is 2.14. The van der Waals surface area contributed by atoms with Gasteiger partial charge in [0, 0.05) is 12.6 Å². The van der Waals surface area contributed by atoms with E-state index in [4.69, 9.17) is 0 Å². The molecule has 0 radical (unpaired) electrons. The van der Waals surface area contributed by atoms with Crippen molar-refractivity contribution in [1.29, 1.82) is 0 Å². The lowest BCUT2D eigenvalue weighted by atomic mass is 9.97. The lowest BCUT2D eigenvalue weighted by Gasteiger charge is -2.21. The van der Waals surface area contributed by atoms with E-state index in [2.05, 4.69) is 26.8 Å². The van der Waals surface area contributed by atoms with E-state index in [0.29, 0.717) is 19.1 Å². The minimum atomic E-state index is -0.0684. The van der Waals surface area contributed by atoms with Gasteiger partial charge in [0.1, 0.15) is 12.7 Å². The molecule has 0 atom stereocenters. The minimum absolute atomic E-state index is 0.0684. The van der Waals surface area contributed by atoms with Gasteiger partial charge in [-0.25, -0.2) is 14.5 Å². The minimum Gasteiger partial charge on any atom is -0.335 e. The van der Waals surface area contributed by atoms with Gasteiger partial charge in [0.25, 0.3) is 0 Å². The normalized spacial score (nSPS) is 16.0. The molecule has 1 heterocycles. The number of rotatable bonds is 5. The molecular weight excluding hydrogens is 314 g/mol. The van der Waals surface area contributed by atoms with E-state index in [9.17, 15) is 4.79 Å². The van der Waals surface area contributed by atoms with E-state index in [-0.39, 0.29) is 6.03 Å². The predicted octanol–water partition coefficient (Wildman–Crippen LogP) is 3.24. The van der Waals surface area contributed by atoms with Crippen LogP contribution in [0.15, 0.2) is 36.9 Å². The average Bonchev–Trinajstić information content (AvgIpc) is 3.09. The predicted molar refractivity (Wildman–Crippen MR) is 97.0 cm³/mol. The summed E-state index contributed by atoms with van der Waals surface area (Å²) in [6.07, 6.45) is 11.8. The van der Waals surface area contributed by atoms with E-state index in [1.165, 1.54) is 38.4 Å². The third kappa shape index (κ3) is 5.59. The van der Waals surface area contributed by atoms with Crippen LogP contribution in [0.2, 0.25) is 0 Å². The van der Waals surface area contributed by atoms with Crippen LogP contribution in [0, 0.1) is 0 Å². The smallest absolute Gasteiger partial charge is 0.315 e. The molecule has 6 nitrogen and oxygen atoms in total. The highest BCUT2D eigenvalue weighted by Crippen LogP contribution is 2.17. The molecule has 25 heavy (non-hydrogen) atoms.